The summed E-state index contributed by atoms with van der Waals surface area (Å²) in [6, 6.07) is 17.6. The van der Waals surface area contributed by atoms with E-state index in [1.807, 2.05) is 54.6 Å². The molecule has 0 aromatic heterocycles. The van der Waals surface area contributed by atoms with E-state index in [9.17, 15) is 9.59 Å². The van der Waals surface area contributed by atoms with Crippen LogP contribution in [0.2, 0.25) is 0 Å². The molecule has 0 aliphatic carbocycles. The molecule has 0 unspecified atom stereocenters. The number of hydrogen-bond acceptors (Lipinski definition) is 4. The number of rotatable bonds is 10. The summed E-state index contributed by atoms with van der Waals surface area (Å²) < 4.78 is 5.27. The van der Waals surface area contributed by atoms with Crippen LogP contribution in [0.15, 0.2) is 54.6 Å². The zero-order valence-corrected chi connectivity index (χ0v) is 16.1. The van der Waals surface area contributed by atoms with Crippen LogP contribution in [0.1, 0.15) is 49.7 Å². The van der Waals surface area contributed by atoms with Crippen molar-refractivity contribution in [2.75, 3.05) is 11.7 Å². The van der Waals surface area contributed by atoms with Crippen LogP contribution in [0.3, 0.4) is 0 Å². The minimum absolute atomic E-state index is 0.0138. The largest absolute Gasteiger partial charge is 0.461 e. The van der Waals surface area contributed by atoms with Gasteiger partial charge in [-0.3, -0.25) is 14.4 Å². The summed E-state index contributed by atoms with van der Waals surface area (Å²) in [5.41, 5.74) is 3.01. The summed E-state index contributed by atoms with van der Waals surface area (Å²) >= 11 is 0. The number of hydroxylamine groups is 1. The third kappa shape index (κ3) is 5.92. The second-order valence-electron chi connectivity index (χ2n) is 6.96. The predicted octanol–water partition coefficient (Wildman–Crippen LogP) is 4.59. The molecule has 148 valence electrons. The van der Waals surface area contributed by atoms with Crippen molar-refractivity contribution in [3.8, 4) is 0 Å². The number of anilines is 1. The van der Waals surface area contributed by atoms with Crippen molar-refractivity contribution in [2.24, 2.45) is 0 Å². The van der Waals surface area contributed by atoms with E-state index in [-0.39, 0.29) is 11.9 Å². The van der Waals surface area contributed by atoms with Gasteiger partial charge in [0.2, 0.25) is 0 Å². The summed E-state index contributed by atoms with van der Waals surface area (Å²) in [6.07, 6.45) is 5.25. The van der Waals surface area contributed by atoms with Gasteiger partial charge in [0.15, 0.2) is 0 Å². The molecule has 0 fully saturated rings. The first-order valence-electron chi connectivity index (χ1n) is 9.97. The fraction of sp³-hybridized carbons (Fsp3) is 0.391. The average Bonchev–Trinajstić information content (AvgIpc) is 2.73. The molecule has 1 amide bonds. The molecule has 28 heavy (non-hydrogen) atoms. The van der Waals surface area contributed by atoms with Crippen molar-refractivity contribution < 1.29 is 19.2 Å². The number of fused-ring (bicyclic) bond motifs is 1. The number of aryl methyl sites for hydroxylation is 1. The maximum absolute atomic E-state index is 12.1. The Morgan fingerprint density at radius 1 is 0.893 bits per heavy atom. The Kier molecular flexibility index (Phi) is 7.62. The van der Waals surface area contributed by atoms with Crippen molar-refractivity contribution in [3.63, 3.8) is 0 Å². The van der Waals surface area contributed by atoms with Gasteiger partial charge in [-0.1, -0.05) is 61.4 Å². The molecule has 1 heterocycles. The van der Waals surface area contributed by atoms with E-state index in [1.54, 1.807) is 0 Å². The van der Waals surface area contributed by atoms with Gasteiger partial charge >= 0.3 is 5.97 Å². The van der Waals surface area contributed by atoms with Crippen LogP contribution >= 0.6 is 0 Å². The molecule has 1 aliphatic heterocycles. The second kappa shape index (κ2) is 10.6. The van der Waals surface area contributed by atoms with Crippen LogP contribution in [-0.4, -0.2) is 18.5 Å². The average molecular weight is 381 g/mol. The van der Waals surface area contributed by atoms with E-state index >= 15 is 0 Å². The molecule has 3 rings (SSSR count). The molecule has 2 aromatic rings. The summed E-state index contributed by atoms with van der Waals surface area (Å²) in [7, 11) is 0. The van der Waals surface area contributed by atoms with Gasteiger partial charge in [0, 0.05) is 12.8 Å². The van der Waals surface area contributed by atoms with E-state index in [4.69, 9.17) is 9.57 Å². The SMILES string of the molecule is O=C(CCCCCCON1C(=O)CCc2ccccc21)OCc1ccccc1. The number of esters is 1. The van der Waals surface area contributed by atoms with E-state index in [1.165, 1.54) is 5.06 Å². The minimum atomic E-state index is -0.157. The van der Waals surface area contributed by atoms with E-state index in [2.05, 4.69) is 0 Å². The lowest BCUT2D eigenvalue weighted by Gasteiger charge is -2.28. The Hall–Kier alpha value is -2.66. The highest BCUT2D eigenvalue weighted by atomic mass is 16.7. The fourth-order valence-electron chi connectivity index (χ4n) is 3.23. The molecular formula is C23H27NO4. The van der Waals surface area contributed by atoms with Gasteiger partial charge in [-0.2, -0.15) is 5.06 Å². The summed E-state index contributed by atoms with van der Waals surface area (Å²) in [5, 5.41) is 1.44. The molecule has 5 nitrogen and oxygen atoms in total. The topological polar surface area (TPSA) is 55.8 Å². The van der Waals surface area contributed by atoms with Gasteiger partial charge in [-0.05, 0) is 36.5 Å². The van der Waals surface area contributed by atoms with E-state index in [0.717, 1.165) is 48.9 Å². The number of hydrogen-bond donors (Lipinski definition) is 0. The third-order valence-electron chi connectivity index (χ3n) is 4.78. The zero-order chi connectivity index (χ0) is 19.6. The Morgan fingerprint density at radius 3 is 2.50 bits per heavy atom. The van der Waals surface area contributed by atoms with Gasteiger partial charge in [0.05, 0.1) is 12.3 Å². The van der Waals surface area contributed by atoms with Gasteiger partial charge in [-0.15, -0.1) is 0 Å². The monoisotopic (exact) mass is 381 g/mol. The number of nitrogens with zero attached hydrogens (tertiary/aromatic N) is 1. The van der Waals surface area contributed by atoms with Crippen LogP contribution in [0.4, 0.5) is 5.69 Å². The Labute approximate surface area is 166 Å². The number of benzene rings is 2. The molecule has 0 atom stereocenters. The van der Waals surface area contributed by atoms with Gasteiger partial charge in [-0.25, -0.2) is 0 Å². The highest BCUT2D eigenvalue weighted by Gasteiger charge is 2.24. The lowest BCUT2D eigenvalue weighted by Crippen LogP contribution is -2.35. The molecule has 0 radical (unpaired) electrons. The molecule has 1 aliphatic rings. The van der Waals surface area contributed by atoms with Crippen LogP contribution in [0.25, 0.3) is 0 Å². The van der Waals surface area contributed by atoms with E-state index < -0.39 is 0 Å². The first kappa shape index (κ1) is 20.1. The molecule has 0 bridgehead atoms. The zero-order valence-electron chi connectivity index (χ0n) is 16.1. The van der Waals surface area contributed by atoms with Gasteiger partial charge in [0.25, 0.3) is 5.91 Å². The molecule has 0 spiro atoms. The van der Waals surface area contributed by atoms with Crippen molar-refractivity contribution in [1.82, 2.24) is 0 Å². The fourth-order valence-corrected chi connectivity index (χ4v) is 3.23. The Morgan fingerprint density at radius 2 is 1.64 bits per heavy atom. The lowest BCUT2D eigenvalue weighted by molar-refractivity contribution is -0.145. The van der Waals surface area contributed by atoms with Crippen LogP contribution in [0.5, 0.6) is 0 Å². The number of unbranched alkanes of at least 4 members (excludes halogenated alkanes) is 3. The third-order valence-corrected chi connectivity index (χ3v) is 4.78. The first-order chi connectivity index (χ1) is 13.7. The van der Waals surface area contributed by atoms with Gasteiger partial charge in [0.1, 0.15) is 6.61 Å². The number of ether oxygens (including phenoxy) is 1. The second-order valence-corrected chi connectivity index (χ2v) is 6.96. The van der Waals surface area contributed by atoms with Crippen LogP contribution in [0, 0.1) is 0 Å². The maximum Gasteiger partial charge on any atom is 0.306 e. The number of carbonyl (C=O) groups excluding carboxylic acids is 2. The molecular weight excluding hydrogens is 354 g/mol. The summed E-state index contributed by atoms with van der Waals surface area (Å²) in [6.45, 7) is 0.831. The van der Waals surface area contributed by atoms with Crippen molar-refractivity contribution in [2.45, 2.75) is 51.6 Å². The highest BCUT2D eigenvalue weighted by molar-refractivity contribution is 5.94. The van der Waals surface area contributed by atoms with Crippen LogP contribution < -0.4 is 5.06 Å². The first-order valence-corrected chi connectivity index (χ1v) is 9.97. The summed E-state index contributed by atoms with van der Waals surface area (Å²) in [5.74, 6) is -0.143. The quantitative estimate of drug-likeness (QED) is 0.446. The molecule has 0 saturated heterocycles. The summed E-state index contributed by atoms with van der Waals surface area (Å²) in [4.78, 5) is 29.6. The van der Waals surface area contributed by atoms with Crippen molar-refractivity contribution in [1.29, 1.82) is 0 Å². The number of carbonyl (C=O) groups is 2. The van der Waals surface area contributed by atoms with Crippen molar-refractivity contribution >= 4 is 17.6 Å². The normalized spacial score (nSPS) is 13.3. The smallest absolute Gasteiger partial charge is 0.306 e. The Balaban J connectivity index is 1.26. The number of amides is 1. The van der Waals surface area contributed by atoms with Crippen molar-refractivity contribution in [3.05, 3.63) is 65.7 Å². The maximum atomic E-state index is 12.1. The molecule has 5 heteroatoms. The molecule has 2 aromatic carbocycles. The highest BCUT2D eigenvalue weighted by Crippen LogP contribution is 2.27. The Bertz CT molecular complexity index is 775. The number of para-hydroxylation sites is 1. The standard InChI is InChI=1S/C23H27NO4/c25-22-16-15-20-12-7-8-13-21(20)24(22)28-17-9-2-1-6-14-23(26)27-18-19-10-4-3-5-11-19/h3-5,7-8,10-13H,1-2,6,9,14-18H2. The van der Waals surface area contributed by atoms with Gasteiger partial charge < -0.3 is 4.74 Å². The lowest BCUT2D eigenvalue weighted by atomic mass is 10.0. The molecule has 0 N–H and O–H groups in total. The van der Waals surface area contributed by atoms with E-state index in [0.29, 0.717) is 26.1 Å². The predicted molar refractivity (Wildman–Crippen MR) is 108 cm³/mol. The minimum Gasteiger partial charge on any atom is -0.461 e. The van der Waals surface area contributed by atoms with Crippen LogP contribution in [-0.2, 0) is 32.2 Å². The molecule has 0 saturated carbocycles.